The third-order valence-electron chi connectivity index (χ3n) is 19.6. The molecule has 0 aliphatic rings. The van der Waals surface area contributed by atoms with Crippen molar-refractivity contribution in [2.75, 3.05) is 0 Å². The topological polar surface area (TPSA) is 87.2 Å². The van der Waals surface area contributed by atoms with Gasteiger partial charge in [-0.05, 0) is 121 Å². The Morgan fingerprint density at radius 2 is 0.441 bits per heavy atom. The molecule has 0 saturated heterocycles. The van der Waals surface area contributed by atoms with Gasteiger partial charge in [0.1, 0.15) is 0 Å². The third-order valence-corrected chi connectivity index (χ3v) is 19.6. The van der Waals surface area contributed by atoms with Crippen LogP contribution in [0, 0.1) is 27.7 Å². The zero-order chi connectivity index (χ0) is 68.4. The average Bonchev–Trinajstić information content (AvgIpc) is 1.55. The first-order chi connectivity index (χ1) is 50.2. The Kier molecular flexibility index (Phi) is 15.3. The predicted octanol–water partition coefficient (Wildman–Crippen LogP) is 23.8. The van der Waals surface area contributed by atoms with Crippen molar-refractivity contribution in [3.05, 3.63) is 350 Å². The standard InChI is InChI=1S/C94H66N8/c1-59-51-60(2)54-69(53-59)67-47-49-85-81(57-67)75-39-21-23-45-83(75)101(85)87-77(41-25-43-79(87)93-97-89(63-27-9-5-10-28-63)95-90(98-93)64-29-11-6-12-30-64)73-37-19-17-35-71(73)72-36-18-20-38-74(72)78-42-26-44-80(94-99-91(65-31-13-7-14-32-65)96-92(100-94)66-33-15-8-16-34-66)88(78)102-84-46-24-22-40-76(84)82-58-68(48-50-86(82)102)70-55-61(3)52-62(4)56-70/h5-58H,1-4H3. The first kappa shape index (κ1) is 61.1. The van der Waals surface area contributed by atoms with E-state index < -0.39 is 0 Å². The number of hydrogen-bond donors (Lipinski definition) is 0. The lowest BCUT2D eigenvalue weighted by Crippen LogP contribution is -2.06. The van der Waals surface area contributed by atoms with Gasteiger partial charge in [-0.15, -0.1) is 0 Å². The van der Waals surface area contributed by atoms with E-state index in [1.54, 1.807) is 0 Å². The van der Waals surface area contributed by atoms with Gasteiger partial charge in [-0.3, -0.25) is 0 Å². The number of aromatic nitrogens is 8. The molecule has 0 fully saturated rings. The van der Waals surface area contributed by atoms with E-state index in [1.165, 1.54) is 33.4 Å². The van der Waals surface area contributed by atoms with Crippen LogP contribution in [0.1, 0.15) is 22.3 Å². The van der Waals surface area contributed by atoms with Crippen LogP contribution in [-0.4, -0.2) is 39.0 Å². The smallest absolute Gasteiger partial charge is 0.166 e. The fraction of sp³-hybridized carbons (Fsp3) is 0.0426. The lowest BCUT2D eigenvalue weighted by atomic mass is 9.87. The fourth-order valence-corrected chi connectivity index (χ4v) is 15.2. The van der Waals surface area contributed by atoms with E-state index in [2.05, 4.69) is 292 Å². The van der Waals surface area contributed by atoms with Gasteiger partial charge in [-0.25, -0.2) is 29.9 Å². The highest BCUT2D eigenvalue weighted by molar-refractivity contribution is 6.14. The fourth-order valence-electron chi connectivity index (χ4n) is 15.2. The second-order valence-corrected chi connectivity index (χ2v) is 26.5. The first-order valence-electron chi connectivity index (χ1n) is 34.7. The lowest BCUT2D eigenvalue weighted by molar-refractivity contribution is 1.06. The molecule has 0 aliphatic heterocycles. The maximum Gasteiger partial charge on any atom is 0.166 e. The molecule has 8 nitrogen and oxygen atoms in total. The summed E-state index contributed by atoms with van der Waals surface area (Å²) in [6.07, 6.45) is 0. The molecule has 0 atom stereocenters. The molecule has 0 aliphatic carbocycles. The SMILES string of the molecule is Cc1cc(C)cc(-c2ccc3c(c2)c2ccccc2n3-c2c(-c3nc(-c4ccccc4)nc(-c4ccccc4)n3)cccc2-c2ccccc2-c2ccccc2-c2cccc(-c3nc(-c4ccccc4)nc(-c4ccccc4)n3)c2-n2c3ccccc3c3cc(-c4cc(C)cc(C)c4)ccc32)c1. The number of nitrogens with zero attached hydrogens (tertiary/aromatic N) is 8. The van der Waals surface area contributed by atoms with Gasteiger partial charge in [0, 0.05) is 66.1 Å². The van der Waals surface area contributed by atoms with Crippen LogP contribution < -0.4 is 0 Å². The summed E-state index contributed by atoms with van der Waals surface area (Å²) in [6.45, 7) is 8.70. The van der Waals surface area contributed by atoms with Crippen molar-refractivity contribution < 1.29 is 0 Å². The number of hydrogen-bond acceptors (Lipinski definition) is 6. The molecular weight excluding hydrogens is 1240 g/mol. The van der Waals surface area contributed by atoms with E-state index in [0.717, 1.165) is 133 Å². The summed E-state index contributed by atoms with van der Waals surface area (Å²) in [5.74, 6) is 3.43. The van der Waals surface area contributed by atoms with Gasteiger partial charge in [0.15, 0.2) is 34.9 Å². The number of fused-ring (bicyclic) bond motifs is 6. The molecule has 0 unspecified atom stereocenters. The summed E-state index contributed by atoms with van der Waals surface area (Å²) in [5.41, 5.74) is 27.0. The number of aryl methyl sites for hydroxylation is 4. The van der Waals surface area contributed by atoms with Gasteiger partial charge in [-0.2, -0.15) is 0 Å². The highest BCUT2D eigenvalue weighted by Gasteiger charge is 2.28. The molecule has 0 N–H and O–H groups in total. The molecule has 18 aromatic rings. The number of benzene rings is 14. The third kappa shape index (κ3) is 11.0. The molecule has 18 rings (SSSR count). The van der Waals surface area contributed by atoms with Gasteiger partial charge in [-0.1, -0.05) is 301 Å². The Morgan fingerprint density at radius 1 is 0.176 bits per heavy atom. The molecule has 8 heteroatoms. The molecule has 0 amide bonds. The minimum absolute atomic E-state index is 0.549. The largest absolute Gasteiger partial charge is 0.308 e. The van der Waals surface area contributed by atoms with E-state index in [9.17, 15) is 0 Å². The van der Waals surface area contributed by atoms with Crippen LogP contribution in [0.4, 0.5) is 0 Å². The van der Waals surface area contributed by atoms with Crippen LogP contribution in [0.2, 0.25) is 0 Å². The van der Waals surface area contributed by atoms with Gasteiger partial charge in [0.05, 0.1) is 33.4 Å². The van der Waals surface area contributed by atoms with Crippen molar-refractivity contribution in [2.45, 2.75) is 27.7 Å². The second kappa shape index (κ2) is 25.5. The average molecular weight is 1310 g/mol. The molecule has 482 valence electrons. The first-order valence-corrected chi connectivity index (χ1v) is 34.7. The van der Waals surface area contributed by atoms with Gasteiger partial charge in [0.25, 0.3) is 0 Å². The van der Waals surface area contributed by atoms with Crippen molar-refractivity contribution in [2.24, 2.45) is 0 Å². The van der Waals surface area contributed by atoms with Crippen molar-refractivity contribution >= 4 is 43.6 Å². The Morgan fingerprint density at radius 3 is 0.784 bits per heavy atom. The molecule has 14 aromatic carbocycles. The van der Waals surface area contributed by atoms with Crippen LogP contribution in [0.15, 0.2) is 328 Å². The van der Waals surface area contributed by atoms with Gasteiger partial charge >= 0.3 is 0 Å². The van der Waals surface area contributed by atoms with Crippen molar-refractivity contribution in [3.63, 3.8) is 0 Å². The summed E-state index contributed by atoms with van der Waals surface area (Å²) in [7, 11) is 0. The van der Waals surface area contributed by atoms with Crippen molar-refractivity contribution in [3.8, 4) is 135 Å². The van der Waals surface area contributed by atoms with E-state index in [1.807, 2.05) is 72.8 Å². The van der Waals surface area contributed by atoms with E-state index in [-0.39, 0.29) is 0 Å². The summed E-state index contributed by atoms with van der Waals surface area (Å²) < 4.78 is 4.91. The molecule has 4 aromatic heterocycles. The normalized spacial score (nSPS) is 11.5. The zero-order valence-corrected chi connectivity index (χ0v) is 56.8. The van der Waals surface area contributed by atoms with Crippen molar-refractivity contribution in [1.82, 2.24) is 39.0 Å². The minimum Gasteiger partial charge on any atom is -0.308 e. The van der Waals surface area contributed by atoms with E-state index in [4.69, 9.17) is 29.9 Å². The summed E-state index contributed by atoms with van der Waals surface area (Å²) >= 11 is 0. The molecule has 0 bridgehead atoms. The monoisotopic (exact) mass is 1310 g/mol. The minimum atomic E-state index is 0.549. The van der Waals surface area contributed by atoms with Crippen LogP contribution >= 0.6 is 0 Å². The Balaban J connectivity index is 0.913. The lowest BCUT2D eigenvalue weighted by Gasteiger charge is -2.23. The zero-order valence-electron chi connectivity index (χ0n) is 56.8. The Bertz CT molecular complexity index is 5750. The maximum atomic E-state index is 5.50. The molecule has 4 heterocycles. The molecule has 0 saturated carbocycles. The molecular formula is C94H66N8. The Labute approximate surface area is 592 Å². The van der Waals surface area contributed by atoms with Gasteiger partial charge in [0.2, 0.25) is 0 Å². The van der Waals surface area contributed by atoms with Crippen LogP contribution in [0.3, 0.4) is 0 Å². The highest BCUT2D eigenvalue weighted by Crippen LogP contribution is 2.49. The Hall–Kier alpha value is -13.3. The molecule has 102 heavy (non-hydrogen) atoms. The number of rotatable bonds is 13. The van der Waals surface area contributed by atoms with E-state index in [0.29, 0.717) is 34.9 Å². The second-order valence-electron chi connectivity index (χ2n) is 26.5. The molecule has 0 spiro atoms. The summed E-state index contributed by atoms with van der Waals surface area (Å²) in [6, 6.07) is 117. The number of para-hydroxylation sites is 4. The molecule has 0 radical (unpaired) electrons. The maximum absolute atomic E-state index is 5.50. The highest BCUT2D eigenvalue weighted by atomic mass is 15.1. The van der Waals surface area contributed by atoms with Crippen LogP contribution in [0.25, 0.3) is 179 Å². The van der Waals surface area contributed by atoms with Crippen molar-refractivity contribution in [1.29, 1.82) is 0 Å². The predicted molar refractivity (Wildman–Crippen MR) is 421 cm³/mol. The quantitative estimate of drug-likeness (QED) is 0.114. The van der Waals surface area contributed by atoms with E-state index >= 15 is 0 Å². The summed E-state index contributed by atoms with van der Waals surface area (Å²) in [5, 5.41) is 4.53. The van der Waals surface area contributed by atoms with Crippen LogP contribution in [0.5, 0.6) is 0 Å². The van der Waals surface area contributed by atoms with Gasteiger partial charge < -0.3 is 9.13 Å². The summed E-state index contributed by atoms with van der Waals surface area (Å²) in [4.78, 5) is 32.4. The van der Waals surface area contributed by atoms with Crippen LogP contribution in [-0.2, 0) is 0 Å².